The van der Waals surface area contributed by atoms with Crippen LogP contribution < -0.4 is 4.83 Å². The lowest BCUT2D eigenvalue weighted by Gasteiger charge is -2.10. The zero-order valence-electron chi connectivity index (χ0n) is 9.64. The summed E-state index contributed by atoms with van der Waals surface area (Å²) < 4.78 is 23.4. The Morgan fingerprint density at radius 1 is 1.19 bits per heavy atom. The van der Waals surface area contributed by atoms with Crippen molar-refractivity contribution in [3.63, 3.8) is 0 Å². The molecule has 0 radical (unpaired) electrons. The van der Waals surface area contributed by atoms with Crippen molar-refractivity contribution in [3.05, 3.63) is 30.3 Å². The molecule has 0 amide bonds. The molecule has 0 unspecified atom stereocenters. The van der Waals surface area contributed by atoms with Crippen LogP contribution in [-0.4, -0.2) is 14.6 Å². The molecular formula is C11H16N2O2S. The molecule has 0 heterocycles. The molecule has 1 aromatic carbocycles. The van der Waals surface area contributed by atoms with Gasteiger partial charge >= 0.3 is 0 Å². The van der Waals surface area contributed by atoms with E-state index in [0.717, 1.165) is 0 Å². The molecule has 0 bridgehead atoms. The summed E-state index contributed by atoms with van der Waals surface area (Å²) in [5.74, 6) is 0. The van der Waals surface area contributed by atoms with Crippen molar-refractivity contribution in [2.75, 3.05) is 0 Å². The number of benzene rings is 1. The average Bonchev–Trinajstić information content (AvgIpc) is 2.17. The maximum Gasteiger partial charge on any atom is 0.276 e. The maximum atomic E-state index is 11.7. The Morgan fingerprint density at radius 2 is 1.75 bits per heavy atom. The highest BCUT2D eigenvalue weighted by atomic mass is 32.2. The van der Waals surface area contributed by atoms with Crippen LogP contribution >= 0.6 is 0 Å². The van der Waals surface area contributed by atoms with Crippen molar-refractivity contribution < 1.29 is 8.42 Å². The molecular weight excluding hydrogens is 224 g/mol. The third-order valence-electron chi connectivity index (χ3n) is 1.68. The van der Waals surface area contributed by atoms with Crippen LogP contribution in [0.2, 0.25) is 0 Å². The minimum Gasteiger partial charge on any atom is -0.200 e. The van der Waals surface area contributed by atoms with Crippen LogP contribution in [0.15, 0.2) is 40.3 Å². The first-order valence-electron chi connectivity index (χ1n) is 4.92. The topological polar surface area (TPSA) is 58.5 Å². The third kappa shape index (κ3) is 4.02. The summed E-state index contributed by atoms with van der Waals surface area (Å²) in [6, 6.07) is 8.14. The van der Waals surface area contributed by atoms with Crippen molar-refractivity contribution in [3.8, 4) is 0 Å². The van der Waals surface area contributed by atoms with Crippen molar-refractivity contribution in [1.82, 2.24) is 4.83 Å². The standard InChI is InChI=1S/C11H16N2O2S/c1-11(2,3)9-12-13-16(14,15)10-7-5-4-6-8-10/h4-9,13H,1-3H3/b12-9+. The van der Waals surface area contributed by atoms with Gasteiger partial charge in [-0.1, -0.05) is 39.0 Å². The van der Waals surface area contributed by atoms with E-state index in [0.29, 0.717) is 0 Å². The largest absolute Gasteiger partial charge is 0.276 e. The Hall–Kier alpha value is -1.36. The van der Waals surface area contributed by atoms with Gasteiger partial charge in [-0.25, -0.2) is 4.83 Å². The van der Waals surface area contributed by atoms with Crippen molar-refractivity contribution in [2.45, 2.75) is 25.7 Å². The van der Waals surface area contributed by atoms with Gasteiger partial charge in [-0.15, -0.1) is 0 Å². The van der Waals surface area contributed by atoms with Gasteiger partial charge in [0.1, 0.15) is 0 Å². The first-order chi connectivity index (χ1) is 7.31. The summed E-state index contributed by atoms with van der Waals surface area (Å²) in [6.45, 7) is 5.81. The Bertz CT molecular complexity index is 459. The van der Waals surface area contributed by atoms with Crippen molar-refractivity contribution in [1.29, 1.82) is 0 Å². The molecule has 0 saturated heterocycles. The summed E-state index contributed by atoms with van der Waals surface area (Å²) in [6.07, 6.45) is 1.56. The molecule has 1 N–H and O–H groups in total. The van der Waals surface area contributed by atoms with Crippen molar-refractivity contribution in [2.24, 2.45) is 10.5 Å². The Morgan fingerprint density at radius 3 is 2.25 bits per heavy atom. The molecule has 5 heteroatoms. The highest BCUT2D eigenvalue weighted by Crippen LogP contribution is 2.09. The summed E-state index contributed by atoms with van der Waals surface area (Å²) in [7, 11) is -3.53. The molecule has 0 aliphatic carbocycles. The number of nitrogens with zero attached hydrogens (tertiary/aromatic N) is 1. The Labute approximate surface area is 96.4 Å². The Kier molecular flexibility index (Phi) is 3.70. The zero-order chi connectivity index (χ0) is 12.2. The summed E-state index contributed by atoms with van der Waals surface area (Å²) >= 11 is 0. The van der Waals surface area contributed by atoms with E-state index in [1.165, 1.54) is 12.1 Å². The van der Waals surface area contributed by atoms with E-state index in [4.69, 9.17) is 0 Å². The molecule has 0 aliphatic rings. The van der Waals surface area contributed by atoms with Gasteiger partial charge in [0.2, 0.25) is 0 Å². The molecule has 0 saturated carbocycles. The van der Waals surface area contributed by atoms with Crippen LogP contribution in [0.4, 0.5) is 0 Å². The second-order valence-corrected chi connectivity index (χ2v) is 6.19. The number of hydrogen-bond acceptors (Lipinski definition) is 3. The number of rotatable bonds is 3. The number of nitrogens with one attached hydrogen (secondary N) is 1. The maximum absolute atomic E-state index is 11.7. The van der Waals surface area contributed by atoms with Gasteiger partial charge in [-0.2, -0.15) is 13.5 Å². The highest BCUT2D eigenvalue weighted by Gasteiger charge is 2.12. The predicted octanol–water partition coefficient (Wildman–Crippen LogP) is 2.00. The van der Waals surface area contributed by atoms with E-state index >= 15 is 0 Å². The molecule has 0 aromatic heterocycles. The lowest BCUT2D eigenvalue weighted by Crippen LogP contribution is -2.20. The smallest absolute Gasteiger partial charge is 0.200 e. The van der Waals surface area contributed by atoms with Gasteiger partial charge in [0, 0.05) is 6.21 Å². The van der Waals surface area contributed by atoms with E-state index < -0.39 is 10.0 Å². The van der Waals surface area contributed by atoms with Gasteiger partial charge in [-0.3, -0.25) is 0 Å². The first kappa shape index (κ1) is 12.7. The summed E-state index contributed by atoms with van der Waals surface area (Å²) in [5, 5.41) is 3.73. The SMILES string of the molecule is CC(C)(C)/C=N/NS(=O)(=O)c1ccccc1. The summed E-state index contributed by atoms with van der Waals surface area (Å²) in [5.41, 5.74) is -0.154. The van der Waals surface area contributed by atoms with E-state index in [1.54, 1.807) is 24.4 Å². The fraction of sp³-hybridized carbons (Fsp3) is 0.364. The number of sulfonamides is 1. The fourth-order valence-electron chi connectivity index (χ4n) is 0.942. The van der Waals surface area contributed by atoms with Crippen LogP contribution in [-0.2, 0) is 10.0 Å². The zero-order valence-corrected chi connectivity index (χ0v) is 10.5. The second-order valence-electron chi connectivity index (χ2n) is 4.53. The van der Waals surface area contributed by atoms with E-state index in [2.05, 4.69) is 9.93 Å². The van der Waals surface area contributed by atoms with E-state index in [9.17, 15) is 8.42 Å². The lowest BCUT2D eigenvalue weighted by molar-refractivity contribution is 0.579. The van der Waals surface area contributed by atoms with Gasteiger partial charge in [0.25, 0.3) is 10.0 Å². The number of hydrazone groups is 1. The fourth-order valence-corrected chi connectivity index (χ4v) is 1.75. The average molecular weight is 240 g/mol. The van der Waals surface area contributed by atoms with Crippen LogP contribution in [0, 0.1) is 5.41 Å². The minimum absolute atomic E-state index is 0.154. The van der Waals surface area contributed by atoms with Crippen molar-refractivity contribution >= 4 is 16.2 Å². The quantitative estimate of drug-likeness (QED) is 0.649. The van der Waals surface area contributed by atoms with E-state index in [1.807, 2.05) is 20.8 Å². The van der Waals surface area contributed by atoms with Crippen LogP contribution in [0.3, 0.4) is 0 Å². The van der Waals surface area contributed by atoms with Gasteiger partial charge in [0.05, 0.1) is 4.90 Å². The van der Waals surface area contributed by atoms with Gasteiger partial charge in [0.15, 0.2) is 0 Å². The molecule has 16 heavy (non-hydrogen) atoms. The molecule has 1 rings (SSSR count). The minimum atomic E-state index is -3.53. The van der Waals surface area contributed by atoms with E-state index in [-0.39, 0.29) is 10.3 Å². The monoisotopic (exact) mass is 240 g/mol. The molecule has 0 fully saturated rings. The van der Waals surface area contributed by atoms with Crippen LogP contribution in [0.1, 0.15) is 20.8 Å². The lowest BCUT2D eigenvalue weighted by atomic mass is 9.99. The third-order valence-corrected chi connectivity index (χ3v) is 2.92. The second kappa shape index (κ2) is 4.65. The normalized spacial score (nSPS) is 12.9. The van der Waals surface area contributed by atoms with Crippen LogP contribution in [0.5, 0.6) is 0 Å². The predicted molar refractivity (Wildman–Crippen MR) is 64.7 cm³/mol. The summed E-state index contributed by atoms with van der Waals surface area (Å²) in [4.78, 5) is 2.38. The van der Waals surface area contributed by atoms with Gasteiger partial charge < -0.3 is 0 Å². The molecule has 0 atom stereocenters. The molecule has 4 nitrogen and oxygen atoms in total. The number of hydrogen-bond donors (Lipinski definition) is 1. The molecule has 0 spiro atoms. The highest BCUT2D eigenvalue weighted by molar-refractivity contribution is 7.89. The first-order valence-corrected chi connectivity index (χ1v) is 6.41. The molecule has 0 aliphatic heterocycles. The molecule has 88 valence electrons. The molecule has 1 aromatic rings. The van der Waals surface area contributed by atoms with Gasteiger partial charge in [-0.05, 0) is 17.5 Å². The van der Waals surface area contributed by atoms with Crippen LogP contribution in [0.25, 0.3) is 0 Å². The Balaban J connectivity index is 2.79.